The Hall–Kier alpha value is -0.260. The van der Waals surface area contributed by atoms with Crippen molar-refractivity contribution in [1.82, 2.24) is 4.98 Å². The van der Waals surface area contributed by atoms with Crippen LogP contribution in [-0.4, -0.2) is 34.2 Å². The average Bonchev–Trinajstić information content (AvgIpc) is 2.19. The monoisotopic (exact) mass is 290 g/mol. The largest absolute Gasteiger partial charge is 0.395 e. The number of aliphatic hydroxyl groups is 1. The van der Waals surface area contributed by atoms with E-state index in [9.17, 15) is 0 Å². The first-order valence-electron chi connectivity index (χ1n) is 4.68. The topological polar surface area (TPSA) is 45.1 Å². The minimum atomic E-state index is 0.177. The summed E-state index contributed by atoms with van der Waals surface area (Å²) >= 11 is 5.02. The molecule has 0 amide bonds. The van der Waals surface area contributed by atoms with Gasteiger partial charge in [-0.05, 0) is 35.2 Å². The molecule has 15 heavy (non-hydrogen) atoms. The first kappa shape index (κ1) is 12.8. The maximum atomic E-state index is 9.14. The highest BCUT2D eigenvalue weighted by atomic mass is 79.9. The smallest absolute Gasteiger partial charge is 0.0569 e. The van der Waals surface area contributed by atoms with E-state index in [1.54, 1.807) is 24.2 Å². The zero-order valence-electron chi connectivity index (χ0n) is 8.77. The van der Waals surface area contributed by atoms with Gasteiger partial charge in [0.1, 0.15) is 0 Å². The molecule has 0 aromatic carbocycles. The molecule has 0 bridgehead atoms. The summed E-state index contributed by atoms with van der Waals surface area (Å²) in [6.45, 7) is 2.23. The summed E-state index contributed by atoms with van der Waals surface area (Å²) in [5.41, 5.74) is 0.962. The van der Waals surface area contributed by atoms with Crippen LogP contribution in [-0.2, 0) is 0 Å². The molecule has 0 fully saturated rings. The number of aromatic nitrogens is 1. The van der Waals surface area contributed by atoms with Crippen molar-refractivity contribution in [3.63, 3.8) is 0 Å². The summed E-state index contributed by atoms with van der Waals surface area (Å²) in [7, 11) is 0. The van der Waals surface area contributed by atoms with Crippen LogP contribution in [0.4, 0.5) is 5.69 Å². The van der Waals surface area contributed by atoms with E-state index in [-0.39, 0.29) is 17.9 Å². The highest BCUT2D eigenvalue weighted by Crippen LogP contribution is 2.18. The fourth-order valence-corrected chi connectivity index (χ4v) is 2.27. The molecule has 5 heteroatoms. The van der Waals surface area contributed by atoms with Gasteiger partial charge in [-0.15, -0.1) is 0 Å². The van der Waals surface area contributed by atoms with E-state index in [1.165, 1.54) is 0 Å². The van der Waals surface area contributed by atoms with Crippen molar-refractivity contribution in [3.8, 4) is 0 Å². The van der Waals surface area contributed by atoms with Crippen LogP contribution in [0.25, 0.3) is 0 Å². The summed E-state index contributed by atoms with van der Waals surface area (Å²) in [4.78, 5) is 4.07. The summed E-state index contributed by atoms with van der Waals surface area (Å²) in [5, 5.41) is 12.7. The molecule has 0 radical (unpaired) electrons. The third-order valence-corrected chi connectivity index (χ3v) is 3.74. The van der Waals surface area contributed by atoms with Crippen LogP contribution in [0.15, 0.2) is 22.9 Å². The number of hydrogen-bond donors (Lipinski definition) is 2. The van der Waals surface area contributed by atoms with E-state index in [0.29, 0.717) is 0 Å². The quantitative estimate of drug-likeness (QED) is 0.874. The van der Waals surface area contributed by atoms with Crippen molar-refractivity contribution < 1.29 is 5.11 Å². The van der Waals surface area contributed by atoms with Crippen molar-refractivity contribution in [1.29, 1.82) is 0 Å². The molecule has 2 N–H and O–H groups in total. The Kier molecular flexibility index (Phi) is 5.42. The number of aliphatic hydroxyl groups excluding tert-OH is 1. The van der Waals surface area contributed by atoms with Gasteiger partial charge in [-0.2, -0.15) is 11.8 Å². The molecule has 0 saturated heterocycles. The van der Waals surface area contributed by atoms with Gasteiger partial charge in [0, 0.05) is 22.0 Å². The molecule has 1 rings (SSSR count). The minimum absolute atomic E-state index is 0.177. The van der Waals surface area contributed by atoms with Crippen LogP contribution >= 0.6 is 27.7 Å². The predicted octanol–water partition coefficient (Wildman–Crippen LogP) is 2.37. The Morgan fingerprint density at radius 3 is 2.87 bits per heavy atom. The van der Waals surface area contributed by atoms with Gasteiger partial charge in [0.2, 0.25) is 0 Å². The van der Waals surface area contributed by atoms with Crippen molar-refractivity contribution in [2.75, 3.05) is 18.2 Å². The molecule has 0 unspecified atom stereocenters. The fourth-order valence-electron chi connectivity index (χ4n) is 1.28. The Morgan fingerprint density at radius 2 is 2.33 bits per heavy atom. The number of hydrogen-bond acceptors (Lipinski definition) is 4. The molecule has 0 aliphatic heterocycles. The second-order valence-electron chi connectivity index (χ2n) is 3.28. The van der Waals surface area contributed by atoms with E-state index in [1.807, 2.05) is 12.3 Å². The van der Waals surface area contributed by atoms with Crippen LogP contribution in [0.2, 0.25) is 0 Å². The first-order valence-corrected chi connectivity index (χ1v) is 6.76. The second kappa shape index (κ2) is 6.35. The third-order valence-electron chi connectivity index (χ3n) is 2.14. The van der Waals surface area contributed by atoms with E-state index < -0.39 is 0 Å². The highest BCUT2D eigenvalue weighted by Gasteiger charge is 2.14. The lowest BCUT2D eigenvalue weighted by atomic mass is 10.2. The van der Waals surface area contributed by atoms with E-state index >= 15 is 0 Å². The van der Waals surface area contributed by atoms with Crippen LogP contribution in [0.3, 0.4) is 0 Å². The number of halogens is 1. The van der Waals surface area contributed by atoms with Gasteiger partial charge in [-0.25, -0.2) is 0 Å². The van der Waals surface area contributed by atoms with E-state index in [2.05, 4.69) is 33.2 Å². The van der Waals surface area contributed by atoms with Gasteiger partial charge in [0.25, 0.3) is 0 Å². The Labute approximate surface area is 103 Å². The van der Waals surface area contributed by atoms with Crippen molar-refractivity contribution in [2.45, 2.75) is 18.2 Å². The molecule has 2 atom stereocenters. The Morgan fingerprint density at radius 1 is 1.60 bits per heavy atom. The molecule has 0 aliphatic carbocycles. The SMILES string of the molecule is CS[C@@H](CO)[C@H](C)Nc1cncc(Br)c1. The van der Waals surface area contributed by atoms with Gasteiger partial charge in [0.05, 0.1) is 18.5 Å². The van der Waals surface area contributed by atoms with Crippen LogP contribution < -0.4 is 5.32 Å². The molecule has 0 aliphatic rings. The summed E-state index contributed by atoms with van der Waals surface area (Å²) in [5.74, 6) is 0. The molecular weight excluding hydrogens is 276 g/mol. The van der Waals surface area contributed by atoms with Crippen molar-refractivity contribution in [3.05, 3.63) is 22.9 Å². The second-order valence-corrected chi connectivity index (χ2v) is 5.27. The van der Waals surface area contributed by atoms with Crippen LogP contribution in [0.1, 0.15) is 6.92 Å². The highest BCUT2D eigenvalue weighted by molar-refractivity contribution is 9.10. The normalized spacial score (nSPS) is 14.7. The molecule has 0 spiro atoms. The number of anilines is 1. The molecule has 1 heterocycles. The van der Waals surface area contributed by atoms with Gasteiger partial charge in [-0.1, -0.05) is 0 Å². The molecule has 0 saturated carbocycles. The maximum absolute atomic E-state index is 9.14. The minimum Gasteiger partial charge on any atom is -0.395 e. The fraction of sp³-hybridized carbons (Fsp3) is 0.500. The van der Waals surface area contributed by atoms with Gasteiger partial charge >= 0.3 is 0 Å². The summed E-state index contributed by atoms with van der Waals surface area (Å²) in [6.07, 6.45) is 5.52. The van der Waals surface area contributed by atoms with Gasteiger partial charge in [-0.3, -0.25) is 4.98 Å². The van der Waals surface area contributed by atoms with E-state index in [4.69, 9.17) is 5.11 Å². The zero-order valence-corrected chi connectivity index (χ0v) is 11.2. The lowest BCUT2D eigenvalue weighted by Gasteiger charge is -2.22. The van der Waals surface area contributed by atoms with Crippen LogP contribution in [0.5, 0.6) is 0 Å². The number of nitrogens with zero attached hydrogens (tertiary/aromatic N) is 1. The standard InChI is InChI=1S/C10H15BrN2OS/c1-7(10(6-14)15-2)13-9-3-8(11)4-12-5-9/h3-5,7,10,13-14H,6H2,1-2H3/t7-,10-/m0/s1. The van der Waals surface area contributed by atoms with E-state index in [0.717, 1.165) is 10.2 Å². The molecule has 1 aromatic heterocycles. The van der Waals surface area contributed by atoms with Crippen molar-refractivity contribution >= 4 is 33.4 Å². The Balaban J connectivity index is 2.61. The lowest BCUT2D eigenvalue weighted by Crippen LogP contribution is -2.30. The third kappa shape index (κ3) is 4.01. The molecular formula is C10H15BrN2OS. The van der Waals surface area contributed by atoms with Crippen molar-refractivity contribution in [2.24, 2.45) is 0 Å². The number of nitrogens with one attached hydrogen (secondary N) is 1. The molecule has 1 aromatic rings. The van der Waals surface area contributed by atoms with Gasteiger partial charge in [0.15, 0.2) is 0 Å². The lowest BCUT2D eigenvalue weighted by molar-refractivity contribution is 0.288. The van der Waals surface area contributed by atoms with Gasteiger partial charge < -0.3 is 10.4 Å². The number of thioether (sulfide) groups is 1. The zero-order chi connectivity index (χ0) is 11.3. The first-order chi connectivity index (χ1) is 7.17. The summed E-state index contributed by atoms with van der Waals surface area (Å²) < 4.78 is 0.949. The maximum Gasteiger partial charge on any atom is 0.0569 e. The number of pyridine rings is 1. The predicted molar refractivity (Wildman–Crippen MR) is 69.4 cm³/mol. The molecule has 84 valence electrons. The number of rotatable bonds is 5. The molecule has 3 nitrogen and oxygen atoms in total. The summed E-state index contributed by atoms with van der Waals surface area (Å²) in [6, 6.07) is 2.18. The average molecular weight is 291 g/mol. The Bertz CT molecular complexity index is 307. The van der Waals surface area contributed by atoms with Crippen LogP contribution in [0, 0.1) is 0 Å².